The number of hydrogen-bond acceptors (Lipinski definition) is 2. The molecule has 1 saturated carbocycles. The van der Waals surface area contributed by atoms with Crippen LogP contribution in [0.3, 0.4) is 0 Å². The van der Waals surface area contributed by atoms with Crippen molar-refractivity contribution in [3.05, 3.63) is 0 Å². The Kier molecular flexibility index (Phi) is 3.62. The van der Waals surface area contributed by atoms with Crippen LogP contribution in [0.25, 0.3) is 0 Å². The third-order valence-electron chi connectivity index (χ3n) is 3.88. The van der Waals surface area contributed by atoms with Crippen LogP contribution in [-0.2, 0) is 4.79 Å². The quantitative estimate of drug-likeness (QED) is 0.721. The smallest absolute Gasteiger partial charge is 0.223 e. The van der Waals surface area contributed by atoms with Crippen molar-refractivity contribution in [2.75, 3.05) is 13.1 Å². The number of nitrogens with one attached hydrogen (secondary N) is 2. The average molecular weight is 210 g/mol. The second-order valence-corrected chi connectivity index (χ2v) is 5.07. The summed E-state index contributed by atoms with van der Waals surface area (Å²) >= 11 is 0. The molecule has 0 radical (unpaired) electrons. The Morgan fingerprint density at radius 3 is 2.67 bits per heavy atom. The van der Waals surface area contributed by atoms with Gasteiger partial charge in [-0.2, -0.15) is 0 Å². The Bertz CT molecular complexity index is 224. The molecule has 2 atom stereocenters. The molecule has 0 aromatic carbocycles. The maximum atomic E-state index is 11.9. The lowest BCUT2D eigenvalue weighted by Gasteiger charge is -2.31. The number of rotatable bonds is 2. The summed E-state index contributed by atoms with van der Waals surface area (Å²) in [7, 11) is 0. The summed E-state index contributed by atoms with van der Waals surface area (Å²) < 4.78 is 0. The van der Waals surface area contributed by atoms with Crippen molar-refractivity contribution in [1.82, 2.24) is 10.6 Å². The van der Waals surface area contributed by atoms with Gasteiger partial charge in [-0.25, -0.2) is 0 Å². The SMILES string of the molecule is CC1CCNCC1NC(=O)C1CCCC1. The van der Waals surface area contributed by atoms with E-state index in [-0.39, 0.29) is 0 Å². The maximum absolute atomic E-state index is 11.9. The van der Waals surface area contributed by atoms with Gasteiger partial charge in [0.05, 0.1) is 0 Å². The van der Waals surface area contributed by atoms with E-state index in [1.165, 1.54) is 19.3 Å². The van der Waals surface area contributed by atoms with Crippen molar-refractivity contribution in [1.29, 1.82) is 0 Å². The Morgan fingerprint density at radius 1 is 1.27 bits per heavy atom. The molecule has 2 N–H and O–H groups in total. The van der Waals surface area contributed by atoms with Crippen LogP contribution in [0.15, 0.2) is 0 Å². The molecule has 2 fully saturated rings. The predicted molar refractivity (Wildman–Crippen MR) is 60.5 cm³/mol. The van der Waals surface area contributed by atoms with Crippen LogP contribution in [-0.4, -0.2) is 25.0 Å². The Hall–Kier alpha value is -0.570. The van der Waals surface area contributed by atoms with E-state index < -0.39 is 0 Å². The van der Waals surface area contributed by atoms with Crippen LogP contribution in [0.1, 0.15) is 39.0 Å². The van der Waals surface area contributed by atoms with Gasteiger partial charge in [0.1, 0.15) is 0 Å². The molecule has 3 nitrogen and oxygen atoms in total. The summed E-state index contributed by atoms with van der Waals surface area (Å²) in [4.78, 5) is 11.9. The molecule has 1 saturated heterocycles. The van der Waals surface area contributed by atoms with E-state index in [0.29, 0.717) is 23.8 Å². The highest BCUT2D eigenvalue weighted by Gasteiger charge is 2.27. The zero-order valence-corrected chi connectivity index (χ0v) is 9.59. The predicted octanol–water partition coefficient (Wildman–Crippen LogP) is 1.29. The van der Waals surface area contributed by atoms with Crippen molar-refractivity contribution in [2.24, 2.45) is 11.8 Å². The standard InChI is InChI=1S/C12H22N2O/c1-9-6-7-13-8-11(9)14-12(15)10-4-2-3-5-10/h9-11,13H,2-8H2,1H3,(H,14,15). The highest BCUT2D eigenvalue weighted by Crippen LogP contribution is 2.25. The van der Waals surface area contributed by atoms with Gasteiger partial charge in [0.25, 0.3) is 0 Å². The van der Waals surface area contributed by atoms with E-state index in [2.05, 4.69) is 17.6 Å². The lowest BCUT2D eigenvalue weighted by atomic mass is 9.94. The minimum atomic E-state index is 0.299. The molecule has 0 aromatic rings. The van der Waals surface area contributed by atoms with Crippen LogP contribution >= 0.6 is 0 Å². The minimum Gasteiger partial charge on any atom is -0.352 e. The van der Waals surface area contributed by atoms with Crippen LogP contribution in [0.2, 0.25) is 0 Å². The van der Waals surface area contributed by atoms with Gasteiger partial charge in [-0.05, 0) is 31.7 Å². The lowest BCUT2D eigenvalue weighted by molar-refractivity contribution is -0.126. The summed E-state index contributed by atoms with van der Waals surface area (Å²) in [5.41, 5.74) is 0. The molecule has 2 rings (SSSR count). The number of carbonyl (C=O) groups excluding carboxylic acids is 1. The van der Waals surface area contributed by atoms with Gasteiger partial charge in [0, 0.05) is 18.5 Å². The summed E-state index contributed by atoms with van der Waals surface area (Å²) in [6, 6.07) is 0.354. The Balaban J connectivity index is 1.81. The molecular weight excluding hydrogens is 188 g/mol. The van der Waals surface area contributed by atoms with Crippen LogP contribution in [0.4, 0.5) is 0 Å². The van der Waals surface area contributed by atoms with Crippen molar-refractivity contribution in [3.63, 3.8) is 0 Å². The first-order valence-corrected chi connectivity index (χ1v) is 6.28. The van der Waals surface area contributed by atoms with Crippen molar-refractivity contribution in [3.8, 4) is 0 Å². The van der Waals surface area contributed by atoms with Crippen molar-refractivity contribution in [2.45, 2.75) is 45.1 Å². The number of hydrogen-bond donors (Lipinski definition) is 2. The normalized spacial score (nSPS) is 32.9. The Labute approximate surface area is 92.0 Å². The molecule has 2 unspecified atom stereocenters. The Morgan fingerprint density at radius 2 is 2.00 bits per heavy atom. The molecule has 86 valence electrons. The van der Waals surface area contributed by atoms with E-state index in [4.69, 9.17) is 0 Å². The second-order valence-electron chi connectivity index (χ2n) is 5.07. The summed E-state index contributed by atoms with van der Waals surface area (Å²) in [6.45, 7) is 4.27. The monoisotopic (exact) mass is 210 g/mol. The zero-order chi connectivity index (χ0) is 10.7. The molecule has 2 aliphatic rings. The van der Waals surface area contributed by atoms with Crippen LogP contribution in [0, 0.1) is 11.8 Å². The number of carbonyl (C=O) groups is 1. The maximum Gasteiger partial charge on any atom is 0.223 e. The van der Waals surface area contributed by atoms with Gasteiger partial charge in [-0.3, -0.25) is 4.79 Å². The first-order valence-electron chi connectivity index (χ1n) is 6.28. The zero-order valence-electron chi connectivity index (χ0n) is 9.59. The van der Waals surface area contributed by atoms with E-state index in [0.717, 1.165) is 25.9 Å². The first kappa shape index (κ1) is 10.9. The molecule has 0 spiro atoms. The van der Waals surface area contributed by atoms with Crippen LogP contribution in [0.5, 0.6) is 0 Å². The molecule has 1 heterocycles. The molecule has 0 aromatic heterocycles. The molecule has 0 bridgehead atoms. The van der Waals surface area contributed by atoms with Crippen molar-refractivity contribution >= 4 is 5.91 Å². The summed E-state index contributed by atoms with van der Waals surface area (Å²) in [5.74, 6) is 1.23. The van der Waals surface area contributed by atoms with Gasteiger partial charge < -0.3 is 10.6 Å². The van der Waals surface area contributed by atoms with Crippen LogP contribution < -0.4 is 10.6 Å². The summed E-state index contributed by atoms with van der Waals surface area (Å²) in [6.07, 6.45) is 5.84. The highest BCUT2D eigenvalue weighted by atomic mass is 16.1. The fourth-order valence-corrected chi connectivity index (χ4v) is 2.67. The van der Waals surface area contributed by atoms with E-state index in [9.17, 15) is 4.79 Å². The van der Waals surface area contributed by atoms with E-state index in [1.54, 1.807) is 0 Å². The lowest BCUT2D eigenvalue weighted by Crippen LogP contribution is -2.51. The molecule has 1 aliphatic heterocycles. The molecule has 15 heavy (non-hydrogen) atoms. The average Bonchev–Trinajstić information content (AvgIpc) is 2.74. The first-order chi connectivity index (χ1) is 7.27. The van der Waals surface area contributed by atoms with Gasteiger partial charge in [0.2, 0.25) is 5.91 Å². The third-order valence-corrected chi connectivity index (χ3v) is 3.88. The van der Waals surface area contributed by atoms with E-state index >= 15 is 0 Å². The number of amides is 1. The molecule has 1 amide bonds. The van der Waals surface area contributed by atoms with Crippen molar-refractivity contribution < 1.29 is 4.79 Å². The summed E-state index contributed by atoms with van der Waals surface area (Å²) in [5, 5.41) is 6.56. The second kappa shape index (κ2) is 4.97. The third kappa shape index (κ3) is 2.71. The fourth-order valence-electron chi connectivity index (χ4n) is 2.67. The molecular formula is C12H22N2O. The number of piperidine rings is 1. The molecule has 1 aliphatic carbocycles. The van der Waals surface area contributed by atoms with Gasteiger partial charge in [-0.15, -0.1) is 0 Å². The van der Waals surface area contributed by atoms with Gasteiger partial charge in [0.15, 0.2) is 0 Å². The topological polar surface area (TPSA) is 41.1 Å². The van der Waals surface area contributed by atoms with Gasteiger partial charge in [-0.1, -0.05) is 19.8 Å². The van der Waals surface area contributed by atoms with E-state index in [1.807, 2.05) is 0 Å². The highest BCUT2D eigenvalue weighted by molar-refractivity contribution is 5.79. The fraction of sp³-hybridized carbons (Fsp3) is 0.917. The largest absolute Gasteiger partial charge is 0.352 e. The molecule has 3 heteroatoms. The van der Waals surface area contributed by atoms with Gasteiger partial charge >= 0.3 is 0 Å². The minimum absolute atomic E-state index is 0.299.